The third-order valence-electron chi connectivity index (χ3n) is 2.54. The number of hydrogen-bond acceptors (Lipinski definition) is 1. The summed E-state index contributed by atoms with van der Waals surface area (Å²) in [4.78, 5) is 0. The van der Waals surface area contributed by atoms with E-state index in [2.05, 4.69) is 35.1 Å². The molecule has 0 atom stereocenters. The van der Waals surface area contributed by atoms with Crippen molar-refractivity contribution in [3.05, 3.63) is 28.0 Å². The van der Waals surface area contributed by atoms with Crippen molar-refractivity contribution in [2.45, 2.75) is 33.6 Å². The monoisotopic (exact) mass is 287 g/mol. The van der Waals surface area contributed by atoms with E-state index < -0.39 is 0 Å². The van der Waals surface area contributed by atoms with Crippen LogP contribution in [0.5, 0.6) is 0 Å². The maximum Gasteiger partial charge on any atom is 0.137 e. The summed E-state index contributed by atoms with van der Waals surface area (Å²) in [6.07, 6.45) is 2.36. The van der Waals surface area contributed by atoms with Gasteiger partial charge in [-0.05, 0) is 59.3 Å². The summed E-state index contributed by atoms with van der Waals surface area (Å²) >= 11 is 3.20. The van der Waals surface area contributed by atoms with Gasteiger partial charge in [0.25, 0.3) is 0 Å². The van der Waals surface area contributed by atoms with Crippen LogP contribution in [0.15, 0.2) is 16.6 Å². The molecule has 0 radical (unpaired) electrons. The second-order valence-corrected chi connectivity index (χ2v) is 5.40. The van der Waals surface area contributed by atoms with Crippen LogP contribution < -0.4 is 5.32 Å². The van der Waals surface area contributed by atoms with Crippen LogP contribution in [0, 0.1) is 18.7 Å². The van der Waals surface area contributed by atoms with E-state index in [4.69, 9.17) is 0 Å². The Kier molecular flexibility index (Phi) is 5.26. The molecule has 0 amide bonds. The van der Waals surface area contributed by atoms with Gasteiger partial charge in [0.1, 0.15) is 5.82 Å². The molecule has 0 unspecified atom stereocenters. The third kappa shape index (κ3) is 4.12. The van der Waals surface area contributed by atoms with Crippen molar-refractivity contribution < 1.29 is 4.39 Å². The van der Waals surface area contributed by atoms with Crippen LogP contribution in [0.1, 0.15) is 32.3 Å². The molecule has 1 aromatic rings. The van der Waals surface area contributed by atoms with E-state index in [9.17, 15) is 4.39 Å². The van der Waals surface area contributed by atoms with E-state index in [-0.39, 0.29) is 5.82 Å². The molecule has 0 bridgehead atoms. The first-order valence-corrected chi connectivity index (χ1v) is 6.49. The average molecular weight is 288 g/mol. The van der Waals surface area contributed by atoms with Gasteiger partial charge in [-0.15, -0.1) is 0 Å². The van der Waals surface area contributed by atoms with Gasteiger partial charge in [0.05, 0.1) is 4.47 Å². The molecule has 3 heteroatoms. The lowest BCUT2D eigenvalue weighted by Crippen LogP contribution is -2.04. The quantitative estimate of drug-likeness (QED) is 0.771. The average Bonchev–Trinajstić information content (AvgIpc) is 2.19. The molecule has 0 aliphatic heterocycles. The maximum atomic E-state index is 13.2. The van der Waals surface area contributed by atoms with Gasteiger partial charge >= 0.3 is 0 Å². The van der Waals surface area contributed by atoms with E-state index in [0.29, 0.717) is 4.47 Å². The Morgan fingerprint density at radius 2 is 2.06 bits per heavy atom. The molecule has 16 heavy (non-hydrogen) atoms. The highest BCUT2D eigenvalue weighted by Crippen LogP contribution is 2.24. The molecule has 1 N–H and O–H groups in total. The van der Waals surface area contributed by atoms with Crippen LogP contribution in [0.2, 0.25) is 0 Å². The first kappa shape index (κ1) is 13.5. The van der Waals surface area contributed by atoms with Crippen LogP contribution in [0.3, 0.4) is 0 Å². The molecule has 0 saturated heterocycles. The maximum absolute atomic E-state index is 13.2. The van der Waals surface area contributed by atoms with Crippen molar-refractivity contribution in [3.63, 3.8) is 0 Å². The summed E-state index contributed by atoms with van der Waals surface area (Å²) in [5.41, 5.74) is 1.96. The minimum atomic E-state index is -0.203. The van der Waals surface area contributed by atoms with E-state index in [1.54, 1.807) is 12.1 Å². The molecule has 0 aliphatic carbocycles. The number of anilines is 1. The summed E-state index contributed by atoms with van der Waals surface area (Å²) in [5, 5.41) is 3.34. The van der Waals surface area contributed by atoms with Gasteiger partial charge in [-0.25, -0.2) is 4.39 Å². The molecule has 1 aromatic carbocycles. The Morgan fingerprint density at radius 3 is 2.69 bits per heavy atom. The zero-order valence-corrected chi connectivity index (χ0v) is 11.7. The van der Waals surface area contributed by atoms with Crippen LogP contribution >= 0.6 is 15.9 Å². The zero-order chi connectivity index (χ0) is 12.1. The van der Waals surface area contributed by atoms with Crippen LogP contribution in [0.25, 0.3) is 0 Å². The number of benzene rings is 1. The fourth-order valence-corrected chi connectivity index (χ4v) is 1.91. The van der Waals surface area contributed by atoms with E-state index in [1.165, 1.54) is 6.42 Å². The van der Waals surface area contributed by atoms with Gasteiger partial charge in [0, 0.05) is 12.2 Å². The van der Waals surface area contributed by atoms with Crippen LogP contribution in [0.4, 0.5) is 10.1 Å². The minimum Gasteiger partial charge on any atom is -0.385 e. The standard InChI is InChI=1S/C13H19BrFN/c1-9(2)5-4-6-16-13-8-11(14)12(15)7-10(13)3/h7-9,16H,4-6H2,1-3H3. The number of aryl methyl sites for hydroxylation is 1. The Bertz CT molecular complexity index is 350. The number of nitrogens with one attached hydrogen (secondary N) is 1. The smallest absolute Gasteiger partial charge is 0.137 e. The van der Waals surface area contributed by atoms with Crippen molar-refractivity contribution >= 4 is 21.6 Å². The lowest BCUT2D eigenvalue weighted by molar-refractivity contribution is 0.567. The second kappa shape index (κ2) is 6.24. The topological polar surface area (TPSA) is 12.0 Å². The molecule has 0 aliphatic rings. The third-order valence-corrected chi connectivity index (χ3v) is 3.15. The van der Waals surface area contributed by atoms with Gasteiger partial charge in [0.2, 0.25) is 0 Å². The summed E-state index contributed by atoms with van der Waals surface area (Å²) in [7, 11) is 0. The van der Waals surface area contributed by atoms with Crippen molar-refractivity contribution in [1.82, 2.24) is 0 Å². The SMILES string of the molecule is Cc1cc(F)c(Br)cc1NCCCC(C)C. The first-order valence-electron chi connectivity index (χ1n) is 5.70. The van der Waals surface area contributed by atoms with Gasteiger partial charge in [-0.3, -0.25) is 0 Å². The van der Waals surface area contributed by atoms with Crippen molar-refractivity contribution in [1.29, 1.82) is 0 Å². The molecule has 0 fully saturated rings. The largest absolute Gasteiger partial charge is 0.385 e. The molecule has 90 valence electrons. The summed E-state index contributed by atoms with van der Waals surface area (Å²) in [5.74, 6) is 0.535. The summed E-state index contributed by atoms with van der Waals surface area (Å²) in [6, 6.07) is 3.36. The lowest BCUT2D eigenvalue weighted by atomic mass is 10.1. The second-order valence-electron chi connectivity index (χ2n) is 4.54. The van der Waals surface area contributed by atoms with Gasteiger partial charge in [-0.1, -0.05) is 13.8 Å². The number of rotatable bonds is 5. The lowest BCUT2D eigenvalue weighted by Gasteiger charge is -2.11. The number of halogens is 2. The van der Waals surface area contributed by atoms with Crippen molar-refractivity contribution in [3.8, 4) is 0 Å². The minimum absolute atomic E-state index is 0.203. The molecule has 1 rings (SSSR count). The Hall–Kier alpha value is -0.570. The molecule has 0 spiro atoms. The first-order chi connectivity index (χ1) is 7.50. The van der Waals surface area contributed by atoms with Gasteiger partial charge in [0.15, 0.2) is 0 Å². The highest BCUT2D eigenvalue weighted by atomic mass is 79.9. The molecule has 0 heterocycles. The summed E-state index contributed by atoms with van der Waals surface area (Å²) < 4.78 is 13.7. The fourth-order valence-electron chi connectivity index (χ4n) is 1.57. The van der Waals surface area contributed by atoms with E-state index in [0.717, 1.165) is 30.1 Å². The Balaban J connectivity index is 2.51. The molecule has 0 saturated carbocycles. The highest BCUT2D eigenvalue weighted by molar-refractivity contribution is 9.10. The van der Waals surface area contributed by atoms with Gasteiger partial charge < -0.3 is 5.32 Å². The Morgan fingerprint density at radius 1 is 1.38 bits per heavy atom. The predicted octanol–water partition coefficient (Wildman–Crippen LogP) is 4.74. The van der Waals surface area contributed by atoms with E-state index >= 15 is 0 Å². The van der Waals surface area contributed by atoms with Crippen molar-refractivity contribution in [2.75, 3.05) is 11.9 Å². The zero-order valence-electron chi connectivity index (χ0n) is 10.1. The van der Waals surface area contributed by atoms with Gasteiger partial charge in [-0.2, -0.15) is 0 Å². The van der Waals surface area contributed by atoms with Crippen LogP contribution in [-0.4, -0.2) is 6.54 Å². The highest BCUT2D eigenvalue weighted by Gasteiger charge is 2.04. The van der Waals surface area contributed by atoms with E-state index in [1.807, 2.05) is 6.92 Å². The Labute approximate surface area is 106 Å². The van der Waals surface area contributed by atoms with Crippen molar-refractivity contribution in [2.24, 2.45) is 5.92 Å². The predicted molar refractivity (Wildman–Crippen MR) is 71.4 cm³/mol. The van der Waals surface area contributed by atoms with Crippen LogP contribution in [-0.2, 0) is 0 Å². The molecule has 0 aromatic heterocycles. The number of hydrogen-bond donors (Lipinski definition) is 1. The molecular weight excluding hydrogens is 269 g/mol. The molecular formula is C13H19BrFN. The fraction of sp³-hybridized carbons (Fsp3) is 0.538. The normalized spacial score (nSPS) is 10.9. The molecule has 1 nitrogen and oxygen atoms in total. The summed E-state index contributed by atoms with van der Waals surface area (Å²) in [6.45, 7) is 7.30.